The minimum atomic E-state index is -0.146. The van der Waals surface area contributed by atoms with E-state index in [1.807, 2.05) is 17.0 Å². The molecule has 7 heteroatoms. The van der Waals surface area contributed by atoms with Crippen molar-refractivity contribution in [1.82, 2.24) is 24.5 Å². The molecular formula is C18H19N5O2. The van der Waals surface area contributed by atoms with E-state index in [-0.39, 0.29) is 17.5 Å². The van der Waals surface area contributed by atoms with Crippen LogP contribution >= 0.6 is 0 Å². The monoisotopic (exact) mass is 337 g/mol. The van der Waals surface area contributed by atoms with Crippen LogP contribution in [0.25, 0.3) is 5.65 Å². The number of likely N-dealkylation sites (tertiary alicyclic amines) is 1. The van der Waals surface area contributed by atoms with Gasteiger partial charge in [0.1, 0.15) is 5.69 Å². The first-order valence-electron chi connectivity index (χ1n) is 8.45. The number of carbonyl (C=O) groups is 1. The Morgan fingerprint density at radius 3 is 2.96 bits per heavy atom. The van der Waals surface area contributed by atoms with Gasteiger partial charge < -0.3 is 4.90 Å². The lowest BCUT2D eigenvalue weighted by molar-refractivity contribution is 0.0599. The molecule has 128 valence electrons. The van der Waals surface area contributed by atoms with Crippen molar-refractivity contribution in [3.05, 3.63) is 64.0 Å². The van der Waals surface area contributed by atoms with Crippen molar-refractivity contribution >= 4 is 11.6 Å². The van der Waals surface area contributed by atoms with Crippen molar-refractivity contribution in [3.8, 4) is 0 Å². The smallest absolute Gasteiger partial charge is 0.273 e. The summed E-state index contributed by atoms with van der Waals surface area (Å²) >= 11 is 0. The van der Waals surface area contributed by atoms with Gasteiger partial charge in [-0.2, -0.15) is 0 Å². The number of H-pyrrole nitrogens is 1. The zero-order chi connectivity index (χ0) is 17.4. The number of aryl methyl sites for hydroxylation is 1. The van der Waals surface area contributed by atoms with E-state index in [1.165, 1.54) is 10.6 Å². The number of aromatic nitrogens is 4. The average Bonchev–Trinajstić information content (AvgIpc) is 3.06. The Hall–Kier alpha value is -2.96. The lowest BCUT2D eigenvalue weighted by atomic mass is 9.99. The second-order valence-electron chi connectivity index (χ2n) is 6.37. The molecular weight excluding hydrogens is 318 g/mol. The number of hydrogen-bond acceptors (Lipinski definition) is 4. The molecule has 1 atom stereocenters. The van der Waals surface area contributed by atoms with Crippen LogP contribution in [0.4, 0.5) is 0 Å². The predicted molar refractivity (Wildman–Crippen MR) is 92.4 cm³/mol. The molecule has 1 aliphatic rings. The molecule has 0 radical (unpaired) electrons. The molecule has 1 fully saturated rings. The summed E-state index contributed by atoms with van der Waals surface area (Å²) in [5, 5.41) is 3.12. The molecule has 0 aromatic carbocycles. The summed E-state index contributed by atoms with van der Waals surface area (Å²) in [7, 11) is 0. The Kier molecular flexibility index (Phi) is 3.83. The lowest BCUT2D eigenvalue weighted by Gasteiger charge is -2.34. The van der Waals surface area contributed by atoms with Crippen LogP contribution in [0.1, 0.15) is 47.2 Å². The van der Waals surface area contributed by atoms with E-state index < -0.39 is 0 Å². The number of pyridine rings is 1. The van der Waals surface area contributed by atoms with Crippen molar-refractivity contribution in [2.45, 2.75) is 32.2 Å². The van der Waals surface area contributed by atoms with E-state index in [2.05, 4.69) is 15.1 Å². The molecule has 1 aliphatic heterocycles. The Labute approximate surface area is 144 Å². The van der Waals surface area contributed by atoms with E-state index in [0.29, 0.717) is 23.6 Å². The molecule has 0 unspecified atom stereocenters. The fraction of sp³-hybridized carbons (Fsp3) is 0.333. The second kappa shape index (κ2) is 6.16. The van der Waals surface area contributed by atoms with Crippen molar-refractivity contribution < 1.29 is 4.79 Å². The van der Waals surface area contributed by atoms with Crippen molar-refractivity contribution in [2.75, 3.05) is 6.54 Å². The zero-order valence-electron chi connectivity index (χ0n) is 14.0. The molecule has 1 saturated heterocycles. The molecule has 3 aromatic rings. The summed E-state index contributed by atoms with van der Waals surface area (Å²) in [5.74, 6) is -0.0829. The van der Waals surface area contributed by atoms with Crippen molar-refractivity contribution in [2.24, 2.45) is 0 Å². The Morgan fingerprint density at radius 2 is 2.16 bits per heavy atom. The maximum Gasteiger partial charge on any atom is 0.273 e. The lowest BCUT2D eigenvalue weighted by Crippen LogP contribution is -2.39. The van der Waals surface area contributed by atoms with E-state index in [4.69, 9.17) is 0 Å². The third-order valence-electron chi connectivity index (χ3n) is 4.60. The number of fused-ring (bicyclic) bond motifs is 1. The number of nitrogens with zero attached hydrogens (tertiary/aromatic N) is 4. The van der Waals surface area contributed by atoms with E-state index >= 15 is 0 Å². The predicted octanol–water partition coefficient (Wildman–Crippen LogP) is 2.09. The van der Waals surface area contributed by atoms with Crippen molar-refractivity contribution in [1.29, 1.82) is 0 Å². The fourth-order valence-corrected chi connectivity index (χ4v) is 3.43. The average molecular weight is 337 g/mol. The fourth-order valence-electron chi connectivity index (χ4n) is 3.43. The molecule has 1 amide bonds. The van der Waals surface area contributed by atoms with Crippen LogP contribution in [0.2, 0.25) is 0 Å². The number of hydrogen-bond donors (Lipinski definition) is 1. The van der Waals surface area contributed by atoms with Crippen LogP contribution < -0.4 is 5.56 Å². The quantitative estimate of drug-likeness (QED) is 0.776. The molecule has 3 aromatic heterocycles. The van der Waals surface area contributed by atoms with Gasteiger partial charge in [-0.25, -0.2) is 9.50 Å². The van der Waals surface area contributed by atoms with Crippen LogP contribution in [0.15, 0.2) is 41.3 Å². The minimum absolute atomic E-state index is 0.0829. The molecule has 4 heterocycles. The van der Waals surface area contributed by atoms with Gasteiger partial charge in [-0.3, -0.25) is 19.7 Å². The summed E-state index contributed by atoms with van der Waals surface area (Å²) in [6.07, 6.45) is 4.47. The Morgan fingerprint density at radius 1 is 1.28 bits per heavy atom. The van der Waals surface area contributed by atoms with E-state index in [0.717, 1.165) is 25.0 Å². The molecule has 1 N–H and O–H groups in total. The van der Waals surface area contributed by atoms with Gasteiger partial charge in [0.15, 0.2) is 5.65 Å². The highest BCUT2D eigenvalue weighted by Crippen LogP contribution is 2.31. The molecule has 7 nitrogen and oxygen atoms in total. The number of aromatic amines is 1. The van der Waals surface area contributed by atoms with Gasteiger partial charge in [0, 0.05) is 30.6 Å². The highest BCUT2D eigenvalue weighted by molar-refractivity contribution is 5.92. The van der Waals surface area contributed by atoms with Gasteiger partial charge in [-0.1, -0.05) is 6.07 Å². The molecule has 0 aliphatic carbocycles. The SMILES string of the molecule is Cc1cc(=O)n2[nH]c([C@H]3CCCCN3C(=O)c3ccccn3)cc2n1. The van der Waals surface area contributed by atoms with Gasteiger partial charge in [0.2, 0.25) is 0 Å². The first-order valence-corrected chi connectivity index (χ1v) is 8.45. The molecule has 25 heavy (non-hydrogen) atoms. The maximum absolute atomic E-state index is 12.9. The number of nitrogens with one attached hydrogen (secondary N) is 1. The Bertz CT molecular complexity index is 976. The molecule has 0 bridgehead atoms. The highest BCUT2D eigenvalue weighted by Gasteiger charge is 2.30. The zero-order valence-corrected chi connectivity index (χ0v) is 14.0. The highest BCUT2D eigenvalue weighted by atomic mass is 16.2. The van der Waals surface area contributed by atoms with E-state index in [1.54, 1.807) is 25.3 Å². The third-order valence-corrected chi connectivity index (χ3v) is 4.60. The summed E-state index contributed by atoms with van der Waals surface area (Å²) in [4.78, 5) is 35.4. The summed E-state index contributed by atoms with van der Waals surface area (Å²) in [6.45, 7) is 2.47. The Balaban J connectivity index is 1.73. The summed E-state index contributed by atoms with van der Waals surface area (Å²) < 4.78 is 1.43. The van der Waals surface area contributed by atoms with Gasteiger partial charge in [0.25, 0.3) is 11.5 Å². The number of piperidine rings is 1. The summed E-state index contributed by atoms with van der Waals surface area (Å²) in [6, 6.07) is 8.59. The topological polar surface area (TPSA) is 83.4 Å². The van der Waals surface area contributed by atoms with Gasteiger partial charge in [-0.05, 0) is 38.3 Å². The standard InChI is InChI=1S/C18H19N5O2/c1-12-10-17(24)23-16(20-12)11-14(21-23)15-7-3-5-9-22(15)18(25)13-6-2-4-8-19-13/h2,4,6,8,10-11,15,21H,3,5,7,9H2,1H3/t15-/m1/s1. The number of amides is 1. The van der Waals surface area contributed by atoms with Crippen LogP contribution in [-0.4, -0.2) is 36.9 Å². The largest absolute Gasteiger partial charge is 0.329 e. The first kappa shape index (κ1) is 15.6. The van der Waals surface area contributed by atoms with Crippen LogP contribution in [0.5, 0.6) is 0 Å². The summed E-state index contributed by atoms with van der Waals surface area (Å²) in [5.41, 5.74) is 2.39. The number of rotatable bonds is 2. The van der Waals surface area contributed by atoms with Gasteiger partial charge in [-0.15, -0.1) is 0 Å². The van der Waals surface area contributed by atoms with Gasteiger partial charge >= 0.3 is 0 Å². The third kappa shape index (κ3) is 2.82. The number of carbonyl (C=O) groups excluding carboxylic acids is 1. The second-order valence-corrected chi connectivity index (χ2v) is 6.37. The molecule has 0 saturated carbocycles. The first-order chi connectivity index (χ1) is 12.1. The van der Waals surface area contributed by atoms with Gasteiger partial charge in [0.05, 0.1) is 11.7 Å². The minimum Gasteiger partial charge on any atom is -0.329 e. The maximum atomic E-state index is 12.9. The van der Waals surface area contributed by atoms with Crippen LogP contribution in [0, 0.1) is 6.92 Å². The molecule has 4 rings (SSSR count). The van der Waals surface area contributed by atoms with E-state index in [9.17, 15) is 9.59 Å². The normalized spacial score (nSPS) is 17.8. The van der Waals surface area contributed by atoms with Crippen molar-refractivity contribution in [3.63, 3.8) is 0 Å². The molecule has 0 spiro atoms. The van der Waals surface area contributed by atoms with Crippen LogP contribution in [0.3, 0.4) is 0 Å². The van der Waals surface area contributed by atoms with Crippen LogP contribution in [-0.2, 0) is 0 Å².